The zero-order valence-electron chi connectivity index (χ0n) is 30.0. The third kappa shape index (κ3) is 13.8. The molecule has 3 fully saturated rings. The van der Waals surface area contributed by atoms with E-state index in [4.69, 9.17) is 26.5 Å². The van der Waals surface area contributed by atoms with Crippen LogP contribution in [-0.2, 0) is 14.4 Å². The van der Waals surface area contributed by atoms with Gasteiger partial charge >= 0.3 is 38.2 Å². The van der Waals surface area contributed by atoms with Crippen molar-refractivity contribution in [3.63, 3.8) is 0 Å². The molecule has 2 aliphatic heterocycles. The van der Waals surface area contributed by atoms with Crippen LogP contribution >= 0.6 is 8.60 Å². The number of aromatic nitrogens is 2. The second-order valence-electron chi connectivity index (χ2n) is 12.1. The molecule has 3 aromatic rings. The summed E-state index contributed by atoms with van der Waals surface area (Å²) in [5.74, 6) is 0.698. The van der Waals surface area contributed by atoms with Crippen molar-refractivity contribution in [2.75, 3.05) is 31.1 Å². The Bertz CT molecular complexity index is 1680. The van der Waals surface area contributed by atoms with Gasteiger partial charge in [0.05, 0.1) is 24.6 Å². The largest absolute Gasteiger partial charge is 1.00 e. The smallest absolute Gasteiger partial charge is 0.551 e. The van der Waals surface area contributed by atoms with Crippen molar-refractivity contribution < 1.29 is 63.0 Å². The molecule has 1 aliphatic carbocycles. The molecule has 9 N–H and O–H groups in total. The fourth-order valence-electron chi connectivity index (χ4n) is 5.95. The summed E-state index contributed by atoms with van der Waals surface area (Å²) >= 11 is 0. The van der Waals surface area contributed by atoms with E-state index in [1.54, 1.807) is 41.6 Å². The monoisotopic (exact) mass is 757 g/mol. The molecule has 0 radical (unpaired) electrons. The Labute approximate surface area is 333 Å². The number of allylic oxidation sites excluding steroid dienone is 2. The molecule has 0 bridgehead atoms. The molecule has 17 heteroatoms. The summed E-state index contributed by atoms with van der Waals surface area (Å²) in [6.45, 7) is 5.81. The van der Waals surface area contributed by atoms with Crippen LogP contribution in [0, 0.1) is 13.0 Å². The molecule has 0 spiro atoms. The molecule has 1 saturated carbocycles. The number of piperazine rings is 1. The zero-order valence-corrected chi connectivity index (χ0v) is 32.9. The first-order valence-electron chi connectivity index (χ1n) is 17.0. The molecule has 0 unspecified atom stereocenters. The number of carbonyl (C=O) groups is 3. The zero-order chi connectivity index (χ0) is 37.5. The first-order valence-corrected chi connectivity index (χ1v) is 18.2. The molecule has 2 aromatic carbocycles. The van der Waals surface area contributed by atoms with Gasteiger partial charge in [0.1, 0.15) is 17.3 Å². The van der Waals surface area contributed by atoms with E-state index in [1.807, 2.05) is 24.3 Å². The van der Waals surface area contributed by atoms with Crippen molar-refractivity contribution in [2.45, 2.75) is 57.4 Å². The number of nitrogens with one attached hydrogen (secondary N) is 1. The third-order valence-electron chi connectivity index (χ3n) is 8.46. The van der Waals surface area contributed by atoms with Crippen LogP contribution in [0.2, 0.25) is 0 Å². The Morgan fingerprint density at radius 3 is 2.28 bits per heavy atom. The minimum absolute atomic E-state index is 0. The average Bonchev–Trinajstić information content (AvgIpc) is 3.61. The second-order valence-corrected chi connectivity index (χ2v) is 12.8. The minimum Gasteiger partial charge on any atom is -0.551 e. The van der Waals surface area contributed by atoms with Gasteiger partial charge in [0.25, 0.3) is 0 Å². The maximum absolute atomic E-state index is 12.9. The van der Waals surface area contributed by atoms with Gasteiger partial charge < -0.3 is 48.1 Å². The van der Waals surface area contributed by atoms with Crippen molar-refractivity contribution in [1.29, 1.82) is 0 Å². The van der Waals surface area contributed by atoms with E-state index in [0.717, 1.165) is 25.1 Å². The molecule has 3 amide bonds. The maximum Gasteiger partial charge on any atom is 1.00 e. The number of para-hydroxylation sites is 2. The van der Waals surface area contributed by atoms with E-state index in [2.05, 4.69) is 28.3 Å². The Morgan fingerprint density at radius 2 is 1.70 bits per heavy atom. The quantitative estimate of drug-likeness (QED) is 0.0559. The van der Waals surface area contributed by atoms with Crippen LogP contribution in [0.4, 0.5) is 5.69 Å². The molecule has 280 valence electrons. The van der Waals surface area contributed by atoms with Crippen molar-refractivity contribution >= 4 is 43.4 Å². The summed E-state index contributed by atoms with van der Waals surface area (Å²) < 4.78 is 11.6. The number of ether oxygens (including phenoxy) is 1. The number of nitrogens with zero attached hydrogens (tertiary/aromatic N) is 4. The first-order chi connectivity index (χ1) is 25.0. The third-order valence-corrected chi connectivity index (χ3v) is 8.82. The fourth-order valence-corrected chi connectivity index (χ4v) is 6.29. The minimum atomic E-state index is -2.61. The molecule has 15 nitrogen and oxygen atoms in total. The van der Waals surface area contributed by atoms with Gasteiger partial charge in [-0.25, -0.2) is 4.68 Å². The van der Waals surface area contributed by atoms with Crippen molar-refractivity contribution in [3.05, 3.63) is 91.4 Å². The Balaban J connectivity index is 0.000000343. The van der Waals surface area contributed by atoms with Gasteiger partial charge in [0.2, 0.25) is 17.7 Å². The maximum atomic E-state index is 12.9. The normalized spacial score (nSPS) is 16.6. The molecule has 6 rings (SSSR count). The summed E-state index contributed by atoms with van der Waals surface area (Å²) in [7, 11) is -2.61. The van der Waals surface area contributed by atoms with E-state index < -0.39 is 8.60 Å². The van der Waals surface area contributed by atoms with Gasteiger partial charge in [0, 0.05) is 49.0 Å². The number of anilines is 1. The summed E-state index contributed by atoms with van der Waals surface area (Å²) in [5.41, 5.74) is 19.8. The van der Waals surface area contributed by atoms with E-state index in [0.29, 0.717) is 61.9 Å². The molecular weight excluding hydrogens is 710 g/mol. The van der Waals surface area contributed by atoms with Crippen LogP contribution in [0.25, 0.3) is 11.4 Å². The molecular formula is C36H47N8NaO7P-. The number of piperidine rings is 1. The van der Waals surface area contributed by atoms with Gasteiger partial charge in [-0.15, -0.1) is 12.1 Å². The number of hydrogen-bond acceptors (Lipinski definition) is 12. The number of carbonyl (C=O) groups excluding carboxylic acids is 3. The number of benzene rings is 2. The van der Waals surface area contributed by atoms with Gasteiger partial charge in [-0.3, -0.25) is 24.6 Å². The number of nitrogens with two attached hydrogens (primary N) is 3. The summed E-state index contributed by atoms with van der Waals surface area (Å²) in [5, 5.41) is 6.56. The molecule has 3 heterocycles. The molecule has 0 atom stereocenters. The van der Waals surface area contributed by atoms with Gasteiger partial charge in [-0.05, 0) is 44.1 Å². The van der Waals surface area contributed by atoms with Crippen LogP contribution in [0.3, 0.4) is 0 Å². The topological polar surface area (TPSA) is 225 Å². The van der Waals surface area contributed by atoms with Crippen LogP contribution < -0.4 is 66.2 Å². The second kappa shape index (κ2) is 22.3. The van der Waals surface area contributed by atoms with E-state index in [-0.39, 0.29) is 64.5 Å². The van der Waals surface area contributed by atoms with Crippen LogP contribution in [0.1, 0.15) is 56.9 Å². The van der Waals surface area contributed by atoms with E-state index in [1.165, 1.54) is 30.0 Å². The van der Waals surface area contributed by atoms with Crippen molar-refractivity contribution in [1.82, 2.24) is 20.0 Å². The van der Waals surface area contributed by atoms with Gasteiger partial charge in [-0.2, -0.15) is 23.3 Å². The van der Waals surface area contributed by atoms with Crippen LogP contribution in [-0.4, -0.2) is 74.5 Å². The molecule has 3 aliphatic rings. The number of rotatable bonds is 9. The Morgan fingerprint density at radius 1 is 1.00 bits per heavy atom. The van der Waals surface area contributed by atoms with Gasteiger partial charge in [-0.1, -0.05) is 31.4 Å². The first kappa shape index (κ1) is 43.5. The number of hydrogen-bond donors (Lipinski definition) is 6. The van der Waals surface area contributed by atoms with E-state index in [9.17, 15) is 24.2 Å². The average molecular weight is 758 g/mol. The summed E-state index contributed by atoms with van der Waals surface area (Å²) in [6, 6.07) is 17.5. The summed E-state index contributed by atoms with van der Waals surface area (Å²) in [6.07, 6.45) is 12.6. The predicted molar refractivity (Wildman–Crippen MR) is 198 cm³/mol. The number of imide groups is 1. The predicted octanol–water partition coefficient (Wildman–Crippen LogP) is 0.0148. The van der Waals surface area contributed by atoms with Crippen LogP contribution in [0.5, 0.6) is 11.5 Å². The fraction of sp³-hybridized carbons (Fsp3) is 0.361. The van der Waals surface area contributed by atoms with E-state index >= 15 is 0 Å². The van der Waals surface area contributed by atoms with Gasteiger partial charge in [0.15, 0.2) is 0 Å². The Kier molecular flexibility index (Phi) is 18.3. The van der Waals surface area contributed by atoms with Crippen molar-refractivity contribution in [3.8, 4) is 11.5 Å². The number of amides is 3. The van der Waals surface area contributed by atoms with Crippen molar-refractivity contribution in [2.24, 2.45) is 17.2 Å². The SMILES string of the molecule is NC(N)=C(/C=C(\N)c1ccccc1OP(O)O)n1cc(N2CCN(C3CCCCC3)CC2=O)cn1.O=C1CCCC(=O)N1.[CH2-]COc1[c-]cccc1.[Na+]. The summed E-state index contributed by atoms with van der Waals surface area (Å²) in [4.78, 5) is 56.1. The molecule has 2 saturated heterocycles. The molecule has 1 aromatic heterocycles. The molecule has 53 heavy (non-hydrogen) atoms. The Hall–Kier alpha value is -3.95. The van der Waals surface area contributed by atoms with Crippen LogP contribution in [0.15, 0.2) is 72.8 Å². The standard InChI is InChI=1S/C23H32N7O4P.C8H8O.C5H7NO2.Na/c24-19(18-8-4-5-9-21(18)34-35(32)33)12-20(23(25)26)30-14-17(13-27-30)29-11-10-28(15-22(29)31)16-6-2-1-3-7-16;1-2-9-8-6-4-3-5-7-8;7-4-2-1-3-5(8)6-4;/h4-5,8-9,12-14,16,32-33H,1-3,6-7,10-11,15,24-26H2;3-6H,1-2H2;1-3H2,(H,6,7,8);/q;-2;;+1/b19-12-;;;.